The van der Waals surface area contributed by atoms with Crippen molar-refractivity contribution in [3.63, 3.8) is 0 Å². The predicted molar refractivity (Wildman–Crippen MR) is 85.7 cm³/mol. The van der Waals surface area contributed by atoms with Gasteiger partial charge in [0.1, 0.15) is 6.33 Å². The van der Waals surface area contributed by atoms with E-state index in [1.54, 1.807) is 0 Å². The summed E-state index contributed by atoms with van der Waals surface area (Å²) < 4.78 is 27.2. The van der Waals surface area contributed by atoms with Crippen molar-refractivity contribution >= 4 is 23.2 Å². The van der Waals surface area contributed by atoms with Gasteiger partial charge in [-0.1, -0.05) is 11.6 Å². The Balaban J connectivity index is 1.85. The Morgan fingerprint density at radius 1 is 1.16 bits per heavy atom. The first-order chi connectivity index (χ1) is 12.0. The molecule has 2 heterocycles. The highest BCUT2D eigenvalue weighted by Crippen LogP contribution is 2.25. The van der Waals surface area contributed by atoms with E-state index in [1.807, 2.05) is 0 Å². The number of nitrogens with zero attached hydrogens (tertiary/aromatic N) is 2. The summed E-state index contributed by atoms with van der Waals surface area (Å²) in [7, 11) is 0. The average molecular weight is 362 g/mol. The lowest BCUT2D eigenvalue weighted by atomic mass is 10.0. The summed E-state index contributed by atoms with van der Waals surface area (Å²) in [5, 5.41) is -0.209. The second kappa shape index (κ2) is 6.90. The molecule has 0 bridgehead atoms. The van der Waals surface area contributed by atoms with Gasteiger partial charge in [0.2, 0.25) is 0 Å². The van der Waals surface area contributed by atoms with Crippen LogP contribution in [0.3, 0.4) is 0 Å². The minimum atomic E-state index is -1.33. The summed E-state index contributed by atoms with van der Waals surface area (Å²) in [6.07, 6.45) is 5.63. The number of Topliss-reactive ketones (excluding diaryl/α,β-unsaturated/α-hetero) is 1. The van der Waals surface area contributed by atoms with Gasteiger partial charge < -0.3 is 4.98 Å². The zero-order chi connectivity index (χ0) is 18.0. The van der Waals surface area contributed by atoms with Crippen molar-refractivity contribution in [2.24, 2.45) is 0 Å². The van der Waals surface area contributed by atoms with Gasteiger partial charge in [0.15, 0.2) is 23.2 Å². The second-order valence-electron chi connectivity index (χ2n) is 5.20. The van der Waals surface area contributed by atoms with Crippen molar-refractivity contribution in [3.05, 3.63) is 82.2 Å². The minimum absolute atomic E-state index is 0.000869. The van der Waals surface area contributed by atoms with Crippen LogP contribution in [-0.4, -0.2) is 26.5 Å². The summed E-state index contributed by atoms with van der Waals surface area (Å²) in [6, 6.07) is 3.21. The van der Waals surface area contributed by atoms with Gasteiger partial charge in [0.05, 0.1) is 16.3 Å². The number of aromatic nitrogens is 3. The van der Waals surface area contributed by atoms with E-state index in [0.717, 1.165) is 12.1 Å². The highest BCUT2D eigenvalue weighted by molar-refractivity contribution is 6.35. The van der Waals surface area contributed by atoms with Crippen molar-refractivity contribution in [1.82, 2.24) is 15.0 Å². The number of ketones is 2. The van der Waals surface area contributed by atoms with Crippen LogP contribution in [0.1, 0.15) is 32.0 Å². The number of carbonyl (C=O) groups is 2. The third-order valence-electron chi connectivity index (χ3n) is 3.50. The first-order valence-corrected chi connectivity index (χ1v) is 7.49. The normalized spacial score (nSPS) is 10.7. The molecule has 1 N–H and O–H groups in total. The lowest BCUT2D eigenvalue weighted by Gasteiger charge is -2.04. The molecule has 0 atom stereocenters. The van der Waals surface area contributed by atoms with E-state index in [0.29, 0.717) is 5.56 Å². The number of halogens is 3. The lowest BCUT2D eigenvalue weighted by molar-refractivity contribution is 0.0988. The van der Waals surface area contributed by atoms with Crippen molar-refractivity contribution < 1.29 is 18.4 Å². The fourth-order valence-electron chi connectivity index (χ4n) is 2.27. The molecule has 0 spiro atoms. The molecule has 3 aromatic rings. The molecule has 0 saturated heterocycles. The van der Waals surface area contributed by atoms with E-state index in [4.69, 9.17) is 11.6 Å². The Bertz CT molecular complexity index is 958. The summed E-state index contributed by atoms with van der Waals surface area (Å²) in [5.74, 6) is -3.63. The average Bonchev–Trinajstić information content (AvgIpc) is 3.09. The first kappa shape index (κ1) is 16.9. The van der Waals surface area contributed by atoms with Crippen LogP contribution in [0.15, 0.2) is 43.1 Å². The minimum Gasteiger partial charge on any atom is -0.358 e. The van der Waals surface area contributed by atoms with E-state index in [2.05, 4.69) is 15.0 Å². The molecular formula is C17H10ClF2N3O2. The maximum atomic E-state index is 13.9. The largest absolute Gasteiger partial charge is 0.358 e. The zero-order valence-corrected chi connectivity index (χ0v) is 13.3. The number of benzene rings is 1. The van der Waals surface area contributed by atoms with Crippen LogP contribution >= 0.6 is 11.6 Å². The van der Waals surface area contributed by atoms with Crippen LogP contribution in [-0.2, 0) is 6.42 Å². The van der Waals surface area contributed by atoms with Crippen LogP contribution < -0.4 is 0 Å². The van der Waals surface area contributed by atoms with Crippen molar-refractivity contribution in [3.8, 4) is 0 Å². The molecule has 0 saturated carbocycles. The number of hydrogen-bond donors (Lipinski definition) is 1. The van der Waals surface area contributed by atoms with Crippen LogP contribution in [0, 0.1) is 11.6 Å². The van der Waals surface area contributed by atoms with Crippen LogP contribution in [0.25, 0.3) is 0 Å². The van der Waals surface area contributed by atoms with Gasteiger partial charge in [-0.05, 0) is 23.8 Å². The van der Waals surface area contributed by atoms with Crippen LogP contribution in [0.4, 0.5) is 8.78 Å². The molecule has 0 aliphatic carbocycles. The van der Waals surface area contributed by atoms with Gasteiger partial charge in [-0.25, -0.2) is 18.7 Å². The first-order valence-electron chi connectivity index (χ1n) is 7.11. The zero-order valence-electron chi connectivity index (χ0n) is 12.6. The predicted octanol–water partition coefficient (Wildman–Crippen LogP) is 3.39. The summed E-state index contributed by atoms with van der Waals surface area (Å²) >= 11 is 5.80. The molecule has 0 amide bonds. The maximum Gasteiger partial charge on any atom is 0.199 e. The molecular weight excluding hydrogens is 352 g/mol. The lowest BCUT2D eigenvalue weighted by Crippen LogP contribution is -2.07. The van der Waals surface area contributed by atoms with Gasteiger partial charge in [-0.15, -0.1) is 0 Å². The Morgan fingerprint density at radius 3 is 2.60 bits per heavy atom. The molecule has 0 fully saturated rings. The monoisotopic (exact) mass is 361 g/mol. The Hall–Kier alpha value is -2.93. The molecule has 2 aromatic heterocycles. The quantitative estimate of drug-likeness (QED) is 0.558. The number of nitrogens with one attached hydrogen (secondary N) is 1. The summed E-state index contributed by atoms with van der Waals surface area (Å²) in [5.41, 5.74) is 0.185. The summed E-state index contributed by atoms with van der Waals surface area (Å²) in [6.45, 7) is 0. The van der Waals surface area contributed by atoms with E-state index in [1.165, 1.54) is 31.0 Å². The second-order valence-corrected chi connectivity index (χ2v) is 5.60. The Labute approximate surface area is 145 Å². The molecule has 1 aromatic carbocycles. The maximum absolute atomic E-state index is 13.9. The molecule has 5 nitrogen and oxygen atoms in total. The summed E-state index contributed by atoms with van der Waals surface area (Å²) in [4.78, 5) is 34.9. The number of carbonyl (C=O) groups excluding carboxylic acids is 2. The van der Waals surface area contributed by atoms with E-state index >= 15 is 0 Å². The molecule has 0 radical (unpaired) electrons. The number of hydrogen-bond acceptors (Lipinski definition) is 4. The Morgan fingerprint density at radius 2 is 1.88 bits per heavy atom. The molecule has 3 rings (SSSR count). The van der Waals surface area contributed by atoms with Gasteiger partial charge in [-0.3, -0.25) is 9.59 Å². The van der Waals surface area contributed by atoms with Gasteiger partial charge in [0, 0.05) is 30.6 Å². The van der Waals surface area contributed by atoms with E-state index < -0.39 is 23.0 Å². The molecule has 25 heavy (non-hydrogen) atoms. The molecule has 8 heteroatoms. The molecule has 0 aliphatic heterocycles. The van der Waals surface area contributed by atoms with Gasteiger partial charge in [-0.2, -0.15) is 0 Å². The molecule has 0 unspecified atom stereocenters. The van der Waals surface area contributed by atoms with E-state index in [-0.39, 0.29) is 28.5 Å². The van der Waals surface area contributed by atoms with Crippen LogP contribution in [0.5, 0.6) is 0 Å². The van der Waals surface area contributed by atoms with Crippen molar-refractivity contribution in [2.45, 2.75) is 6.42 Å². The number of aromatic amines is 1. The van der Waals surface area contributed by atoms with Gasteiger partial charge in [0.25, 0.3) is 0 Å². The smallest absolute Gasteiger partial charge is 0.199 e. The number of rotatable bonds is 5. The highest BCUT2D eigenvalue weighted by atomic mass is 35.5. The SMILES string of the molecule is O=C(Cc1cncnc1)c1cc(C(=O)c2c(Cl)ccc(F)c2F)c[nH]1. The third kappa shape index (κ3) is 3.46. The van der Waals surface area contributed by atoms with Gasteiger partial charge >= 0.3 is 0 Å². The molecule has 126 valence electrons. The van der Waals surface area contributed by atoms with Crippen molar-refractivity contribution in [2.75, 3.05) is 0 Å². The highest BCUT2D eigenvalue weighted by Gasteiger charge is 2.22. The van der Waals surface area contributed by atoms with Crippen molar-refractivity contribution in [1.29, 1.82) is 0 Å². The fraction of sp³-hybridized carbons (Fsp3) is 0.0588. The number of H-pyrrole nitrogens is 1. The Kier molecular flexibility index (Phi) is 4.67. The topological polar surface area (TPSA) is 75.7 Å². The fourth-order valence-corrected chi connectivity index (χ4v) is 2.50. The van der Waals surface area contributed by atoms with Crippen LogP contribution in [0.2, 0.25) is 5.02 Å². The standard InChI is InChI=1S/C17H10ClF2N3O2/c18-11-1-2-12(19)16(20)15(11)17(25)10-4-13(23-7-10)14(24)3-9-5-21-8-22-6-9/h1-2,4-8,23H,3H2. The molecule has 0 aliphatic rings. The van der Waals surface area contributed by atoms with E-state index in [9.17, 15) is 18.4 Å². The third-order valence-corrected chi connectivity index (χ3v) is 3.81.